The first kappa shape index (κ1) is 11.3. The quantitative estimate of drug-likeness (QED) is 0.803. The van der Waals surface area contributed by atoms with E-state index in [1.165, 1.54) is 10.9 Å². The maximum absolute atomic E-state index is 5.72. The third-order valence-corrected chi connectivity index (χ3v) is 3.06. The molecule has 1 unspecified atom stereocenters. The minimum Gasteiger partial charge on any atom is -0.383 e. The van der Waals surface area contributed by atoms with Crippen molar-refractivity contribution in [2.45, 2.75) is 19.4 Å². The van der Waals surface area contributed by atoms with Crippen LogP contribution in [0.1, 0.15) is 13.3 Å². The van der Waals surface area contributed by atoms with Gasteiger partial charge < -0.3 is 9.88 Å². The van der Waals surface area contributed by atoms with Gasteiger partial charge in [0.05, 0.1) is 0 Å². The molecule has 1 N–H and O–H groups in total. The molecule has 0 saturated heterocycles. The summed E-state index contributed by atoms with van der Waals surface area (Å²) in [6, 6.07) is 8.99. The van der Waals surface area contributed by atoms with E-state index in [9.17, 15) is 0 Å². The molecule has 1 atom stereocenters. The number of nitrogens with zero attached hydrogens (tertiary/aromatic N) is 1. The van der Waals surface area contributed by atoms with Gasteiger partial charge >= 0.3 is 0 Å². The molecule has 2 nitrogen and oxygen atoms in total. The van der Waals surface area contributed by atoms with E-state index in [1.54, 1.807) is 0 Å². The number of nitrogens with one attached hydrogen (secondary N) is 1. The minimum absolute atomic E-state index is 0.415. The van der Waals surface area contributed by atoms with Crippen molar-refractivity contribution in [3.63, 3.8) is 0 Å². The van der Waals surface area contributed by atoms with Crippen LogP contribution in [0.3, 0.4) is 0 Å². The van der Waals surface area contributed by atoms with E-state index in [2.05, 4.69) is 54.3 Å². The molecule has 1 aromatic carbocycles. The number of aromatic nitrogens is 1. The first-order chi connectivity index (χ1) is 7.70. The predicted octanol–water partition coefficient (Wildman–Crippen LogP) is 3.61. The zero-order valence-corrected chi connectivity index (χ0v) is 10.5. The van der Waals surface area contributed by atoms with E-state index in [4.69, 9.17) is 11.6 Å². The second kappa shape index (κ2) is 4.79. The molecule has 0 aliphatic rings. The molecule has 1 heterocycles. The van der Waals surface area contributed by atoms with Crippen molar-refractivity contribution in [1.29, 1.82) is 0 Å². The average Bonchev–Trinajstić information content (AvgIpc) is 2.60. The summed E-state index contributed by atoms with van der Waals surface area (Å²) in [5.41, 5.74) is 2.42. The van der Waals surface area contributed by atoms with Gasteiger partial charge in [0.25, 0.3) is 0 Å². The largest absolute Gasteiger partial charge is 0.383 e. The number of alkyl halides is 1. The van der Waals surface area contributed by atoms with Crippen LogP contribution >= 0.6 is 11.6 Å². The van der Waals surface area contributed by atoms with Crippen LogP contribution in [0.15, 0.2) is 30.5 Å². The van der Waals surface area contributed by atoms with Gasteiger partial charge in [-0.3, -0.25) is 0 Å². The maximum atomic E-state index is 5.72. The smallest absolute Gasteiger partial charge is 0.0479 e. The van der Waals surface area contributed by atoms with Crippen molar-refractivity contribution < 1.29 is 0 Å². The molecule has 3 heteroatoms. The molecule has 0 radical (unpaired) electrons. The molecule has 1 aromatic heterocycles. The van der Waals surface area contributed by atoms with Crippen molar-refractivity contribution in [3.05, 3.63) is 30.5 Å². The Bertz CT molecular complexity index is 476. The third kappa shape index (κ3) is 2.33. The first-order valence-electron chi connectivity index (χ1n) is 5.58. The molecule has 86 valence electrons. The SMILES string of the molecule is CC(CCCl)Nc1ccc2c(ccn2C)c1. The predicted molar refractivity (Wildman–Crippen MR) is 71.3 cm³/mol. The summed E-state index contributed by atoms with van der Waals surface area (Å²) in [4.78, 5) is 0. The molecule has 0 fully saturated rings. The molecule has 0 spiro atoms. The number of fused-ring (bicyclic) bond motifs is 1. The van der Waals surface area contributed by atoms with Gasteiger partial charge in [0.1, 0.15) is 0 Å². The average molecular weight is 237 g/mol. The summed E-state index contributed by atoms with van der Waals surface area (Å²) >= 11 is 5.72. The monoisotopic (exact) mass is 236 g/mol. The van der Waals surface area contributed by atoms with Crippen molar-refractivity contribution in [2.75, 3.05) is 11.2 Å². The fourth-order valence-electron chi connectivity index (χ4n) is 1.89. The van der Waals surface area contributed by atoms with E-state index < -0.39 is 0 Å². The number of hydrogen-bond donors (Lipinski definition) is 1. The number of anilines is 1. The summed E-state index contributed by atoms with van der Waals surface area (Å²) in [5, 5.41) is 4.72. The highest BCUT2D eigenvalue weighted by Crippen LogP contribution is 2.20. The lowest BCUT2D eigenvalue weighted by molar-refractivity contribution is 0.769. The van der Waals surface area contributed by atoms with Crippen LogP contribution in [-0.2, 0) is 7.05 Å². The lowest BCUT2D eigenvalue weighted by Crippen LogP contribution is -2.15. The van der Waals surface area contributed by atoms with Gasteiger partial charge in [-0.25, -0.2) is 0 Å². The van der Waals surface area contributed by atoms with Crippen LogP contribution in [0.5, 0.6) is 0 Å². The standard InChI is InChI=1S/C13H17ClN2/c1-10(5-7-14)15-12-3-4-13-11(9-12)6-8-16(13)2/h3-4,6,8-10,15H,5,7H2,1-2H3. The van der Waals surface area contributed by atoms with E-state index in [1.807, 2.05) is 0 Å². The third-order valence-electron chi connectivity index (χ3n) is 2.84. The number of rotatable bonds is 4. The molecule has 0 aliphatic heterocycles. The Hall–Kier alpha value is -1.15. The Kier molecular flexibility index (Phi) is 3.39. The Labute approximate surface area is 101 Å². The molecule has 16 heavy (non-hydrogen) atoms. The lowest BCUT2D eigenvalue weighted by Gasteiger charge is -2.13. The summed E-state index contributed by atoms with van der Waals surface area (Å²) in [6.07, 6.45) is 3.06. The fourth-order valence-corrected chi connectivity index (χ4v) is 2.22. The Morgan fingerprint density at radius 3 is 2.94 bits per heavy atom. The number of hydrogen-bond acceptors (Lipinski definition) is 1. The topological polar surface area (TPSA) is 17.0 Å². The first-order valence-corrected chi connectivity index (χ1v) is 6.12. The highest BCUT2D eigenvalue weighted by atomic mass is 35.5. The molecule has 2 aromatic rings. The van der Waals surface area contributed by atoms with E-state index in [0.717, 1.165) is 12.1 Å². The van der Waals surface area contributed by atoms with E-state index >= 15 is 0 Å². The van der Waals surface area contributed by atoms with Crippen molar-refractivity contribution in [1.82, 2.24) is 4.57 Å². The van der Waals surface area contributed by atoms with Gasteiger partial charge in [-0.2, -0.15) is 0 Å². The van der Waals surface area contributed by atoms with Crippen LogP contribution in [0.4, 0.5) is 5.69 Å². The van der Waals surface area contributed by atoms with Crippen molar-refractivity contribution in [3.8, 4) is 0 Å². The highest BCUT2D eigenvalue weighted by molar-refractivity contribution is 6.17. The second-order valence-electron chi connectivity index (χ2n) is 4.22. The molecule has 0 bridgehead atoms. The van der Waals surface area contributed by atoms with Crippen LogP contribution in [0.2, 0.25) is 0 Å². The van der Waals surface area contributed by atoms with Crippen molar-refractivity contribution in [2.24, 2.45) is 7.05 Å². The Balaban J connectivity index is 2.19. The van der Waals surface area contributed by atoms with E-state index in [0.29, 0.717) is 11.9 Å². The summed E-state index contributed by atoms with van der Waals surface area (Å²) in [7, 11) is 2.06. The molecule has 0 amide bonds. The van der Waals surface area contributed by atoms with Gasteiger partial charge in [-0.15, -0.1) is 11.6 Å². The number of halogens is 1. The zero-order chi connectivity index (χ0) is 11.5. The summed E-state index contributed by atoms with van der Waals surface area (Å²) in [5.74, 6) is 0.696. The second-order valence-corrected chi connectivity index (χ2v) is 4.60. The zero-order valence-electron chi connectivity index (χ0n) is 9.70. The summed E-state index contributed by atoms with van der Waals surface area (Å²) in [6.45, 7) is 2.15. The van der Waals surface area contributed by atoms with Crippen LogP contribution in [0, 0.1) is 0 Å². The highest BCUT2D eigenvalue weighted by Gasteiger charge is 2.03. The minimum atomic E-state index is 0.415. The maximum Gasteiger partial charge on any atom is 0.0479 e. The fraction of sp³-hybridized carbons (Fsp3) is 0.385. The lowest BCUT2D eigenvalue weighted by atomic mass is 10.2. The van der Waals surface area contributed by atoms with Gasteiger partial charge in [0.15, 0.2) is 0 Å². The van der Waals surface area contributed by atoms with Crippen molar-refractivity contribution >= 4 is 28.2 Å². The Morgan fingerprint density at radius 2 is 2.19 bits per heavy atom. The number of benzene rings is 1. The molecule has 0 saturated carbocycles. The van der Waals surface area contributed by atoms with Crippen LogP contribution in [0.25, 0.3) is 10.9 Å². The van der Waals surface area contributed by atoms with Crippen LogP contribution in [-0.4, -0.2) is 16.5 Å². The van der Waals surface area contributed by atoms with Crippen LogP contribution < -0.4 is 5.32 Å². The normalized spacial score (nSPS) is 12.9. The molecular weight excluding hydrogens is 220 g/mol. The number of aryl methyl sites for hydroxylation is 1. The van der Waals surface area contributed by atoms with Gasteiger partial charge in [0, 0.05) is 41.8 Å². The molecular formula is C13H17ClN2. The van der Waals surface area contributed by atoms with Gasteiger partial charge in [-0.05, 0) is 37.6 Å². The molecule has 0 aliphatic carbocycles. The Morgan fingerprint density at radius 1 is 1.38 bits per heavy atom. The molecule has 2 rings (SSSR count). The summed E-state index contributed by atoms with van der Waals surface area (Å²) < 4.78 is 2.13. The van der Waals surface area contributed by atoms with Gasteiger partial charge in [-0.1, -0.05) is 0 Å². The van der Waals surface area contributed by atoms with Gasteiger partial charge in [0.2, 0.25) is 0 Å². The van der Waals surface area contributed by atoms with E-state index in [-0.39, 0.29) is 0 Å².